The molecular formula is C25H12F7NO3S. The number of alkyl halides is 7. The van der Waals surface area contributed by atoms with Crippen LogP contribution in [0.4, 0.5) is 30.7 Å². The van der Waals surface area contributed by atoms with Crippen LogP contribution in [0.15, 0.2) is 71.5 Å². The van der Waals surface area contributed by atoms with Crippen LogP contribution in [0.5, 0.6) is 5.75 Å². The van der Waals surface area contributed by atoms with E-state index in [2.05, 4.69) is 0 Å². The van der Waals surface area contributed by atoms with Crippen molar-refractivity contribution >= 4 is 48.2 Å². The molecule has 0 fully saturated rings. The van der Waals surface area contributed by atoms with E-state index in [0.29, 0.717) is 14.8 Å². The maximum atomic E-state index is 14.5. The number of nitrogens with zero attached hydrogens (tertiary/aromatic N) is 1. The molecule has 5 rings (SSSR count). The molecule has 2 aromatic heterocycles. The Balaban J connectivity index is 1.97. The standard InChI is InChI=1S/C25H12F7NO3S/c26-23(27,24(28,29)25(30,31)32)21(35)19-20(34)18-14(33(22(19)36)12-6-2-1-3-7-12)10-11-16-17(18)13-8-4-5-9-15(13)37-16/h1-11,34H. The molecule has 0 aliphatic carbocycles. The Hall–Kier alpha value is -3.93. The lowest BCUT2D eigenvalue weighted by Crippen LogP contribution is -2.57. The molecule has 3 aromatic carbocycles. The van der Waals surface area contributed by atoms with Crippen molar-refractivity contribution in [2.75, 3.05) is 0 Å². The summed E-state index contributed by atoms with van der Waals surface area (Å²) in [6.07, 6.45) is -6.81. The number of aromatic hydroxyl groups is 1. The number of rotatable bonds is 4. The van der Waals surface area contributed by atoms with E-state index in [1.54, 1.807) is 36.4 Å². The van der Waals surface area contributed by atoms with Gasteiger partial charge in [-0.25, -0.2) is 0 Å². The number of pyridine rings is 1. The molecule has 1 N–H and O–H groups in total. The van der Waals surface area contributed by atoms with Gasteiger partial charge in [0.25, 0.3) is 5.56 Å². The van der Waals surface area contributed by atoms with Crippen molar-refractivity contribution in [1.29, 1.82) is 0 Å². The SMILES string of the molecule is O=C(c1c(O)c2c3c(ccc2n(-c2ccccc2)c1=O)sc1ccccc13)C(F)(F)C(F)(F)C(F)(F)F. The van der Waals surface area contributed by atoms with Crippen molar-refractivity contribution in [1.82, 2.24) is 4.57 Å². The first-order valence-electron chi connectivity index (χ1n) is 10.4. The van der Waals surface area contributed by atoms with Gasteiger partial charge in [0, 0.05) is 25.9 Å². The lowest BCUT2D eigenvalue weighted by molar-refractivity contribution is -0.339. The molecule has 2 heterocycles. The normalized spacial score (nSPS) is 13.1. The summed E-state index contributed by atoms with van der Waals surface area (Å²) in [5.41, 5.74) is -3.64. The van der Waals surface area contributed by atoms with Crippen LogP contribution in [0.25, 0.3) is 36.8 Å². The van der Waals surface area contributed by atoms with E-state index in [1.165, 1.54) is 41.7 Å². The minimum Gasteiger partial charge on any atom is -0.506 e. The molecule has 0 amide bonds. The number of aromatic nitrogens is 1. The van der Waals surface area contributed by atoms with E-state index in [-0.39, 0.29) is 22.0 Å². The van der Waals surface area contributed by atoms with Gasteiger partial charge in [0.15, 0.2) is 0 Å². The Bertz CT molecular complexity index is 1770. The second kappa shape index (κ2) is 8.04. The van der Waals surface area contributed by atoms with Gasteiger partial charge in [0.2, 0.25) is 5.78 Å². The summed E-state index contributed by atoms with van der Waals surface area (Å²) in [7, 11) is 0. The van der Waals surface area contributed by atoms with Crippen LogP contribution in [0, 0.1) is 0 Å². The number of fused-ring (bicyclic) bond motifs is 5. The molecule has 12 heteroatoms. The van der Waals surface area contributed by atoms with Crippen molar-refractivity contribution in [2.24, 2.45) is 0 Å². The molecule has 190 valence electrons. The van der Waals surface area contributed by atoms with E-state index in [4.69, 9.17) is 0 Å². The average Bonchev–Trinajstić information content (AvgIpc) is 3.22. The second-order valence-corrected chi connectivity index (χ2v) is 9.19. The molecular weight excluding hydrogens is 527 g/mol. The number of carbonyl (C=O) groups is 1. The number of thiophene rings is 1. The lowest BCUT2D eigenvalue weighted by Gasteiger charge is -2.27. The number of halogens is 7. The summed E-state index contributed by atoms with van der Waals surface area (Å²) < 4.78 is 96.9. The van der Waals surface area contributed by atoms with Crippen molar-refractivity contribution in [3.8, 4) is 11.4 Å². The second-order valence-electron chi connectivity index (χ2n) is 8.11. The predicted molar refractivity (Wildman–Crippen MR) is 124 cm³/mol. The highest BCUT2D eigenvalue weighted by molar-refractivity contribution is 7.26. The number of ketones is 1. The minimum absolute atomic E-state index is 0.00340. The molecule has 0 saturated heterocycles. The molecule has 0 unspecified atom stereocenters. The summed E-state index contributed by atoms with van der Waals surface area (Å²) in [5.74, 6) is -17.8. The monoisotopic (exact) mass is 539 g/mol. The van der Waals surface area contributed by atoms with Gasteiger partial charge in [-0.05, 0) is 30.3 Å². The van der Waals surface area contributed by atoms with Crippen LogP contribution in [-0.4, -0.2) is 33.5 Å². The highest BCUT2D eigenvalue weighted by Crippen LogP contribution is 2.49. The molecule has 0 radical (unpaired) electrons. The van der Waals surface area contributed by atoms with E-state index in [0.717, 1.165) is 4.57 Å². The largest absolute Gasteiger partial charge is 0.506 e. The van der Waals surface area contributed by atoms with E-state index in [9.17, 15) is 45.4 Å². The fourth-order valence-corrected chi connectivity index (χ4v) is 5.31. The molecule has 37 heavy (non-hydrogen) atoms. The quantitative estimate of drug-likeness (QED) is 0.196. The summed E-state index contributed by atoms with van der Waals surface area (Å²) in [6.45, 7) is 0. The minimum atomic E-state index is -6.82. The smallest absolute Gasteiger partial charge is 0.460 e. The predicted octanol–water partition coefficient (Wildman–Crippen LogP) is 7.08. The van der Waals surface area contributed by atoms with Gasteiger partial charge >= 0.3 is 18.0 Å². The molecule has 0 spiro atoms. The zero-order valence-corrected chi connectivity index (χ0v) is 18.9. The summed E-state index contributed by atoms with van der Waals surface area (Å²) in [5, 5.41) is 11.4. The molecule has 0 aliphatic rings. The van der Waals surface area contributed by atoms with Crippen molar-refractivity contribution < 1.29 is 40.6 Å². The number of hydrogen-bond donors (Lipinski definition) is 1. The zero-order chi connectivity index (χ0) is 26.9. The third kappa shape index (κ3) is 3.42. The number of benzene rings is 3. The molecule has 0 atom stereocenters. The third-order valence-electron chi connectivity index (χ3n) is 5.93. The van der Waals surface area contributed by atoms with Gasteiger partial charge in [-0.2, -0.15) is 30.7 Å². The first-order chi connectivity index (χ1) is 17.3. The van der Waals surface area contributed by atoms with Gasteiger partial charge in [0.1, 0.15) is 11.3 Å². The first-order valence-corrected chi connectivity index (χ1v) is 11.2. The highest BCUT2D eigenvalue weighted by atomic mass is 32.1. The fraction of sp³-hybridized carbons (Fsp3) is 0.120. The van der Waals surface area contributed by atoms with Crippen LogP contribution in [0.1, 0.15) is 10.4 Å². The topological polar surface area (TPSA) is 59.3 Å². The number of Topliss-reactive ketones (excluding diaryl/α,β-unsaturated/α-hetero) is 1. The molecule has 5 aromatic rings. The average molecular weight is 539 g/mol. The Kier molecular flexibility index (Phi) is 5.38. The van der Waals surface area contributed by atoms with E-state index >= 15 is 0 Å². The zero-order valence-electron chi connectivity index (χ0n) is 18.1. The first kappa shape index (κ1) is 24.8. The number of para-hydroxylation sites is 1. The van der Waals surface area contributed by atoms with Gasteiger partial charge in [-0.3, -0.25) is 14.2 Å². The Morgan fingerprint density at radius 1 is 0.784 bits per heavy atom. The Morgan fingerprint density at radius 3 is 2.05 bits per heavy atom. The van der Waals surface area contributed by atoms with Crippen LogP contribution < -0.4 is 5.56 Å². The number of hydrogen-bond acceptors (Lipinski definition) is 4. The molecule has 0 aliphatic heterocycles. The van der Waals surface area contributed by atoms with Gasteiger partial charge in [0.05, 0.1) is 10.9 Å². The summed E-state index contributed by atoms with van der Waals surface area (Å²) in [4.78, 5) is 26.0. The summed E-state index contributed by atoms with van der Waals surface area (Å²) in [6, 6.07) is 16.7. The molecule has 0 bridgehead atoms. The number of carbonyl (C=O) groups excluding carboxylic acids is 1. The molecule has 0 saturated carbocycles. The maximum Gasteiger partial charge on any atom is 0.460 e. The fourth-order valence-electron chi connectivity index (χ4n) is 4.19. The lowest BCUT2D eigenvalue weighted by atomic mass is 9.96. The van der Waals surface area contributed by atoms with Crippen LogP contribution in [-0.2, 0) is 0 Å². The van der Waals surface area contributed by atoms with Crippen LogP contribution in [0.2, 0.25) is 0 Å². The van der Waals surface area contributed by atoms with Crippen molar-refractivity contribution in [3.63, 3.8) is 0 Å². The van der Waals surface area contributed by atoms with Gasteiger partial charge in [-0.15, -0.1) is 11.3 Å². The van der Waals surface area contributed by atoms with Gasteiger partial charge < -0.3 is 5.11 Å². The van der Waals surface area contributed by atoms with Crippen molar-refractivity contribution in [3.05, 3.63) is 82.6 Å². The van der Waals surface area contributed by atoms with Crippen molar-refractivity contribution in [2.45, 2.75) is 18.0 Å². The van der Waals surface area contributed by atoms with E-state index < -0.39 is 40.7 Å². The van der Waals surface area contributed by atoms with E-state index in [1.807, 2.05) is 0 Å². The summed E-state index contributed by atoms with van der Waals surface area (Å²) >= 11 is 1.22. The Labute approximate surface area is 205 Å². The Morgan fingerprint density at radius 2 is 1.41 bits per heavy atom. The van der Waals surface area contributed by atoms with Gasteiger partial charge in [-0.1, -0.05) is 36.4 Å². The maximum absolute atomic E-state index is 14.5. The third-order valence-corrected chi connectivity index (χ3v) is 7.07. The van der Waals surface area contributed by atoms with Crippen LogP contribution in [0.3, 0.4) is 0 Å². The highest BCUT2D eigenvalue weighted by Gasteiger charge is 2.76. The van der Waals surface area contributed by atoms with Crippen LogP contribution >= 0.6 is 11.3 Å². The molecule has 4 nitrogen and oxygen atoms in total.